The Labute approximate surface area is 106 Å². The molecule has 0 unspecified atom stereocenters. The van der Waals surface area contributed by atoms with Crippen molar-refractivity contribution < 1.29 is 9.15 Å². The fourth-order valence-corrected chi connectivity index (χ4v) is 1.66. The second-order valence-corrected chi connectivity index (χ2v) is 4.08. The minimum Gasteiger partial charge on any atom is -0.482 e. The molecule has 0 saturated heterocycles. The summed E-state index contributed by atoms with van der Waals surface area (Å²) in [4.78, 5) is 0.209. The maximum absolute atomic E-state index is 5.91. The van der Waals surface area contributed by atoms with Crippen LogP contribution in [0.2, 0.25) is 10.0 Å². The van der Waals surface area contributed by atoms with Crippen LogP contribution in [0.5, 0.6) is 5.75 Å². The summed E-state index contributed by atoms with van der Waals surface area (Å²) >= 11 is 16.4. The molecule has 0 amide bonds. The molecule has 16 heavy (non-hydrogen) atoms. The van der Waals surface area contributed by atoms with Crippen molar-refractivity contribution >= 4 is 35.4 Å². The van der Waals surface area contributed by atoms with Gasteiger partial charge >= 0.3 is 0 Å². The zero-order chi connectivity index (χ0) is 11.5. The first-order chi connectivity index (χ1) is 7.65. The highest BCUT2D eigenvalue weighted by Crippen LogP contribution is 2.27. The van der Waals surface area contributed by atoms with E-state index in [1.807, 2.05) is 0 Å². The molecule has 1 aromatic carbocycles. The van der Waals surface area contributed by atoms with Crippen molar-refractivity contribution in [2.45, 2.75) is 6.61 Å². The van der Waals surface area contributed by atoms with Gasteiger partial charge in [0.15, 0.2) is 6.61 Å². The molecule has 84 valence electrons. The topological polar surface area (TPSA) is 51.0 Å². The first kappa shape index (κ1) is 11.4. The number of aromatic amines is 1. The summed E-state index contributed by atoms with van der Waals surface area (Å²) in [6.45, 7) is 0.147. The summed E-state index contributed by atoms with van der Waals surface area (Å²) in [6, 6.07) is 4.95. The molecule has 1 aromatic heterocycles. The number of H-pyrrole nitrogens is 1. The van der Waals surface area contributed by atoms with Crippen LogP contribution >= 0.6 is 35.4 Å². The molecule has 0 aliphatic rings. The highest BCUT2D eigenvalue weighted by Gasteiger charge is 2.05. The van der Waals surface area contributed by atoms with Gasteiger partial charge in [0.25, 0.3) is 10.7 Å². The molecule has 0 bridgehead atoms. The van der Waals surface area contributed by atoms with Crippen molar-refractivity contribution in [3.05, 3.63) is 39.0 Å². The Kier molecular flexibility index (Phi) is 3.48. The van der Waals surface area contributed by atoms with E-state index in [0.29, 0.717) is 21.7 Å². The van der Waals surface area contributed by atoms with Crippen LogP contribution in [0.25, 0.3) is 0 Å². The SMILES string of the molecule is S=c1[nH]nc(COc2ccc(Cl)cc2Cl)o1. The van der Waals surface area contributed by atoms with Crippen molar-refractivity contribution in [1.82, 2.24) is 10.2 Å². The van der Waals surface area contributed by atoms with Crippen LogP contribution in [-0.4, -0.2) is 10.2 Å². The first-order valence-electron chi connectivity index (χ1n) is 4.27. The molecule has 1 N–H and O–H groups in total. The van der Waals surface area contributed by atoms with Gasteiger partial charge in [0.2, 0.25) is 0 Å². The number of hydrogen-bond acceptors (Lipinski definition) is 4. The highest BCUT2D eigenvalue weighted by atomic mass is 35.5. The van der Waals surface area contributed by atoms with E-state index in [2.05, 4.69) is 10.2 Å². The molecule has 0 aliphatic carbocycles. The molecule has 2 rings (SSSR count). The van der Waals surface area contributed by atoms with Crippen LogP contribution in [-0.2, 0) is 6.61 Å². The number of nitrogens with zero attached hydrogens (tertiary/aromatic N) is 1. The van der Waals surface area contributed by atoms with Gasteiger partial charge in [0, 0.05) is 5.02 Å². The Morgan fingerprint density at radius 3 is 2.88 bits per heavy atom. The van der Waals surface area contributed by atoms with E-state index in [0.717, 1.165) is 0 Å². The summed E-state index contributed by atoms with van der Waals surface area (Å²) in [6.07, 6.45) is 0. The van der Waals surface area contributed by atoms with E-state index < -0.39 is 0 Å². The summed E-state index contributed by atoms with van der Waals surface area (Å²) in [5, 5.41) is 7.26. The van der Waals surface area contributed by atoms with Gasteiger partial charge < -0.3 is 9.15 Å². The maximum atomic E-state index is 5.91. The molecule has 1 heterocycles. The third kappa shape index (κ3) is 2.75. The number of rotatable bonds is 3. The van der Waals surface area contributed by atoms with E-state index in [1.165, 1.54) is 0 Å². The summed E-state index contributed by atoms with van der Waals surface area (Å²) in [7, 11) is 0. The number of nitrogens with one attached hydrogen (secondary N) is 1. The van der Waals surface area contributed by atoms with Gasteiger partial charge in [0.05, 0.1) is 5.02 Å². The van der Waals surface area contributed by atoms with Gasteiger partial charge in [-0.2, -0.15) is 0 Å². The second-order valence-electron chi connectivity index (χ2n) is 2.87. The van der Waals surface area contributed by atoms with Gasteiger partial charge in [-0.25, -0.2) is 5.10 Å². The summed E-state index contributed by atoms with van der Waals surface area (Å²) in [5.41, 5.74) is 0. The lowest BCUT2D eigenvalue weighted by Gasteiger charge is -2.05. The first-order valence-corrected chi connectivity index (χ1v) is 5.44. The van der Waals surface area contributed by atoms with Crippen LogP contribution in [0.15, 0.2) is 22.6 Å². The average Bonchev–Trinajstić information content (AvgIpc) is 2.63. The van der Waals surface area contributed by atoms with Crippen LogP contribution < -0.4 is 4.74 Å². The van der Waals surface area contributed by atoms with Crippen LogP contribution in [0.1, 0.15) is 5.89 Å². The van der Waals surface area contributed by atoms with Gasteiger partial charge in [-0.3, -0.25) is 0 Å². The van der Waals surface area contributed by atoms with Gasteiger partial charge in [0.1, 0.15) is 5.75 Å². The second kappa shape index (κ2) is 4.86. The largest absolute Gasteiger partial charge is 0.482 e. The monoisotopic (exact) mass is 276 g/mol. The van der Waals surface area contributed by atoms with E-state index in [1.54, 1.807) is 18.2 Å². The van der Waals surface area contributed by atoms with Crippen molar-refractivity contribution in [2.24, 2.45) is 0 Å². The van der Waals surface area contributed by atoms with Crippen molar-refractivity contribution in [3.63, 3.8) is 0 Å². The molecule has 0 atom stereocenters. The molecule has 0 aliphatic heterocycles. The number of hydrogen-bond donors (Lipinski definition) is 1. The molecular weight excluding hydrogens is 271 g/mol. The minimum absolute atomic E-state index is 0.147. The standard InChI is InChI=1S/C9H6Cl2N2O2S/c10-5-1-2-7(6(11)3-5)14-4-8-12-13-9(16)15-8/h1-3H,4H2,(H,13,16). The van der Waals surface area contributed by atoms with Crippen molar-refractivity contribution in [3.8, 4) is 5.75 Å². The Balaban J connectivity index is 2.07. The molecule has 2 aromatic rings. The maximum Gasteiger partial charge on any atom is 0.284 e. The average molecular weight is 277 g/mol. The van der Waals surface area contributed by atoms with Crippen molar-refractivity contribution in [2.75, 3.05) is 0 Å². The van der Waals surface area contributed by atoms with Gasteiger partial charge in [-0.05, 0) is 30.4 Å². The minimum atomic E-state index is 0.147. The summed E-state index contributed by atoms with van der Waals surface area (Å²) in [5.74, 6) is 0.867. The molecular formula is C9H6Cl2N2O2S. The Bertz CT molecular complexity index is 552. The lowest BCUT2D eigenvalue weighted by atomic mass is 10.3. The third-order valence-corrected chi connectivity index (χ3v) is 2.43. The molecule has 4 nitrogen and oxygen atoms in total. The van der Waals surface area contributed by atoms with Gasteiger partial charge in [-0.1, -0.05) is 23.2 Å². The lowest BCUT2D eigenvalue weighted by Crippen LogP contribution is -1.96. The van der Waals surface area contributed by atoms with E-state index in [4.69, 9.17) is 44.6 Å². The Morgan fingerprint density at radius 1 is 1.44 bits per heavy atom. The van der Waals surface area contributed by atoms with E-state index in [9.17, 15) is 0 Å². The van der Waals surface area contributed by atoms with E-state index >= 15 is 0 Å². The highest BCUT2D eigenvalue weighted by molar-refractivity contribution is 7.71. The molecule has 0 spiro atoms. The Hall–Kier alpha value is -1.04. The number of halogens is 2. The fourth-order valence-electron chi connectivity index (χ4n) is 1.05. The number of benzene rings is 1. The Morgan fingerprint density at radius 2 is 2.25 bits per heavy atom. The smallest absolute Gasteiger partial charge is 0.284 e. The predicted octanol–water partition coefficient (Wildman–Crippen LogP) is 3.62. The number of aromatic nitrogens is 2. The van der Waals surface area contributed by atoms with Crippen LogP contribution in [0.4, 0.5) is 0 Å². The molecule has 0 fully saturated rings. The molecule has 7 heteroatoms. The number of ether oxygens (including phenoxy) is 1. The normalized spacial score (nSPS) is 10.4. The lowest BCUT2D eigenvalue weighted by molar-refractivity contribution is 0.261. The van der Waals surface area contributed by atoms with Crippen molar-refractivity contribution in [1.29, 1.82) is 0 Å². The fraction of sp³-hybridized carbons (Fsp3) is 0.111. The molecule has 0 radical (unpaired) electrons. The van der Waals surface area contributed by atoms with Crippen LogP contribution in [0, 0.1) is 4.84 Å². The quantitative estimate of drug-likeness (QED) is 0.870. The predicted molar refractivity (Wildman–Crippen MR) is 62.5 cm³/mol. The molecule has 0 saturated carbocycles. The summed E-state index contributed by atoms with van der Waals surface area (Å²) < 4.78 is 10.4. The van der Waals surface area contributed by atoms with Crippen LogP contribution in [0.3, 0.4) is 0 Å². The zero-order valence-corrected chi connectivity index (χ0v) is 10.2. The zero-order valence-electron chi connectivity index (χ0n) is 7.87. The van der Waals surface area contributed by atoms with Gasteiger partial charge in [-0.15, -0.1) is 5.10 Å². The van der Waals surface area contributed by atoms with E-state index in [-0.39, 0.29) is 11.4 Å². The third-order valence-electron chi connectivity index (χ3n) is 1.73.